The van der Waals surface area contributed by atoms with Crippen LogP contribution in [0.4, 0.5) is 5.69 Å². The maximum Gasteiger partial charge on any atom is 0.314 e. The SMILES string of the molecule is CC1N(C)C(SCCCCCCN2C(=O)c3cccc4c(NCCCN5C=CN(C)C5)ccc(c34)C2=O)=[N+]1C. The number of benzene rings is 2. The van der Waals surface area contributed by atoms with Crippen molar-refractivity contribution in [1.82, 2.24) is 19.6 Å². The predicted molar refractivity (Wildman–Crippen MR) is 160 cm³/mol. The lowest BCUT2D eigenvalue weighted by Crippen LogP contribution is -2.55. The summed E-state index contributed by atoms with van der Waals surface area (Å²) in [6.45, 7) is 5.41. The fraction of sp³-hybridized carbons (Fsp3) is 0.500. The molecule has 9 heteroatoms. The number of imide groups is 1. The first-order valence-electron chi connectivity index (χ1n) is 14.1. The summed E-state index contributed by atoms with van der Waals surface area (Å²) in [7, 11) is 6.36. The van der Waals surface area contributed by atoms with Crippen LogP contribution in [-0.2, 0) is 0 Å². The predicted octanol–water partition coefficient (Wildman–Crippen LogP) is 4.50. The van der Waals surface area contributed by atoms with Gasteiger partial charge < -0.3 is 15.1 Å². The van der Waals surface area contributed by atoms with E-state index in [-0.39, 0.29) is 11.8 Å². The average molecular weight is 550 g/mol. The second kappa shape index (κ2) is 11.9. The molecule has 3 heterocycles. The van der Waals surface area contributed by atoms with Crippen LogP contribution < -0.4 is 5.32 Å². The minimum Gasteiger partial charge on any atom is -0.384 e. The summed E-state index contributed by atoms with van der Waals surface area (Å²) in [6.07, 6.45) is 9.78. The van der Waals surface area contributed by atoms with Gasteiger partial charge >= 0.3 is 5.17 Å². The van der Waals surface area contributed by atoms with Crippen LogP contribution in [-0.4, -0.2) is 101 Å². The van der Waals surface area contributed by atoms with Gasteiger partial charge in [-0.3, -0.25) is 14.5 Å². The first kappa shape index (κ1) is 27.4. The molecule has 2 amide bonds. The van der Waals surface area contributed by atoms with Crippen LogP contribution in [0.15, 0.2) is 42.7 Å². The Hall–Kier alpha value is -3.20. The van der Waals surface area contributed by atoms with Gasteiger partial charge in [-0.15, -0.1) is 0 Å². The molecule has 0 spiro atoms. The lowest BCUT2D eigenvalue weighted by molar-refractivity contribution is -0.594. The summed E-state index contributed by atoms with van der Waals surface area (Å²) in [5.74, 6) is 0.756. The molecule has 0 aromatic heterocycles. The number of carbonyl (C=O) groups excluding carboxylic acids is 2. The van der Waals surface area contributed by atoms with Gasteiger partial charge in [-0.2, -0.15) is 0 Å². The summed E-state index contributed by atoms with van der Waals surface area (Å²) < 4.78 is 2.31. The highest BCUT2D eigenvalue weighted by Crippen LogP contribution is 2.34. The Labute approximate surface area is 236 Å². The van der Waals surface area contributed by atoms with Crippen LogP contribution in [0, 0.1) is 0 Å². The van der Waals surface area contributed by atoms with Gasteiger partial charge in [0.15, 0.2) is 0 Å². The Kier molecular flexibility index (Phi) is 8.35. The minimum atomic E-state index is -0.169. The van der Waals surface area contributed by atoms with Gasteiger partial charge in [-0.05, 0) is 49.2 Å². The van der Waals surface area contributed by atoms with Gasteiger partial charge in [0.1, 0.15) is 0 Å². The molecule has 0 fully saturated rings. The molecule has 0 saturated heterocycles. The summed E-state index contributed by atoms with van der Waals surface area (Å²) >= 11 is 1.91. The Balaban J connectivity index is 1.13. The highest BCUT2D eigenvalue weighted by Gasteiger charge is 2.37. The van der Waals surface area contributed by atoms with Gasteiger partial charge in [-0.1, -0.05) is 25.0 Å². The summed E-state index contributed by atoms with van der Waals surface area (Å²) in [5.41, 5.74) is 2.24. The van der Waals surface area contributed by atoms with Crippen LogP contribution in [0.2, 0.25) is 0 Å². The number of anilines is 1. The maximum absolute atomic E-state index is 13.4. The number of carbonyl (C=O) groups is 2. The van der Waals surface area contributed by atoms with E-state index in [1.807, 2.05) is 42.1 Å². The number of unbranched alkanes of at least 4 members (excludes halogenated alkanes) is 3. The van der Waals surface area contributed by atoms with E-state index in [2.05, 4.69) is 65.1 Å². The lowest BCUT2D eigenvalue weighted by Gasteiger charge is -2.31. The zero-order valence-electron chi connectivity index (χ0n) is 23.7. The molecule has 8 nitrogen and oxygen atoms in total. The summed E-state index contributed by atoms with van der Waals surface area (Å²) in [5, 5.41) is 6.60. The summed E-state index contributed by atoms with van der Waals surface area (Å²) in [6, 6.07) is 9.67. The topological polar surface area (TPSA) is 62.1 Å². The standard InChI is InChI=1S/C30H40N6O2S/c1-22-33(3)30(34(22)4)39-20-8-6-5-7-17-36-28(37)24-12-9-11-23-26(14-13-25(27(23)24)29(36)38)31-15-10-16-35-19-18-32(2)21-35/h9,11-14,18-19,22H,5-8,10,15-17,20-21H2,1-4H3/p+1. The number of rotatable bonds is 12. The van der Waals surface area contributed by atoms with Crippen molar-refractivity contribution in [2.24, 2.45) is 0 Å². The van der Waals surface area contributed by atoms with Crippen LogP contribution in [0.1, 0.15) is 59.7 Å². The molecule has 0 bridgehead atoms. The molecule has 2 aromatic rings. The van der Waals surface area contributed by atoms with Crippen molar-refractivity contribution in [2.75, 3.05) is 58.5 Å². The van der Waals surface area contributed by atoms with Crippen molar-refractivity contribution in [2.45, 2.75) is 45.2 Å². The highest BCUT2D eigenvalue weighted by molar-refractivity contribution is 8.13. The molecule has 1 N–H and O–H groups in total. The van der Waals surface area contributed by atoms with Crippen molar-refractivity contribution in [3.05, 3.63) is 53.9 Å². The van der Waals surface area contributed by atoms with Gasteiger partial charge in [0.2, 0.25) is 6.17 Å². The lowest BCUT2D eigenvalue weighted by atomic mass is 9.92. The van der Waals surface area contributed by atoms with Crippen molar-refractivity contribution in [3.8, 4) is 0 Å². The largest absolute Gasteiger partial charge is 0.384 e. The molecule has 208 valence electrons. The Morgan fingerprint density at radius 3 is 2.46 bits per heavy atom. The van der Waals surface area contributed by atoms with Crippen LogP contribution in [0.25, 0.3) is 10.8 Å². The number of thioether (sulfide) groups is 1. The molecule has 1 atom stereocenters. The fourth-order valence-corrected chi connectivity index (χ4v) is 6.85. The second-order valence-corrected chi connectivity index (χ2v) is 11.9. The Morgan fingerprint density at radius 1 is 0.949 bits per heavy atom. The second-order valence-electron chi connectivity index (χ2n) is 10.8. The molecular weight excluding hydrogens is 508 g/mol. The van der Waals surface area contributed by atoms with E-state index in [0.29, 0.717) is 23.8 Å². The number of nitrogens with one attached hydrogen (secondary N) is 1. The zero-order chi connectivity index (χ0) is 27.5. The van der Waals surface area contributed by atoms with E-state index in [4.69, 9.17) is 0 Å². The van der Waals surface area contributed by atoms with E-state index in [9.17, 15) is 9.59 Å². The molecular formula is C30H41N6O2S+. The van der Waals surface area contributed by atoms with E-state index < -0.39 is 0 Å². The van der Waals surface area contributed by atoms with Crippen molar-refractivity contribution in [3.63, 3.8) is 0 Å². The molecule has 0 radical (unpaired) electrons. The van der Waals surface area contributed by atoms with E-state index in [1.54, 1.807) is 0 Å². The van der Waals surface area contributed by atoms with E-state index in [0.717, 1.165) is 74.1 Å². The first-order chi connectivity index (χ1) is 18.9. The third-order valence-electron chi connectivity index (χ3n) is 8.10. The molecule has 5 rings (SSSR count). The highest BCUT2D eigenvalue weighted by atomic mass is 32.2. The average Bonchev–Trinajstić information content (AvgIpc) is 3.37. The molecule has 0 saturated carbocycles. The number of amidine groups is 1. The van der Waals surface area contributed by atoms with Gasteiger partial charge in [0.05, 0.1) is 20.8 Å². The van der Waals surface area contributed by atoms with Crippen LogP contribution >= 0.6 is 11.8 Å². The summed E-state index contributed by atoms with van der Waals surface area (Å²) in [4.78, 5) is 35.0. The molecule has 3 aliphatic heterocycles. The Bertz CT molecular complexity index is 1290. The smallest absolute Gasteiger partial charge is 0.314 e. The number of nitrogens with zero attached hydrogens (tertiary/aromatic N) is 5. The third-order valence-corrected chi connectivity index (χ3v) is 9.42. The zero-order valence-corrected chi connectivity index (χ0v) is 24.5. The van der Waals surface area contributed by atoms with E-state index >= 15 is 0 Å². The van der Waals surface area contributed by atoms with Crippen molar-refractivity contribution < 1.29 is 14.2 Å². The van der Waals surface area contributed by atoms with Crippen molar-refractivity contribution in [1.29, 1.82) is 0 Å². The fourth-order valence-electron chi connectivity index (χ4n) is 5.61. The van der Waals surface area contributed by atoms with Crippen LogP contribution in [0.5, 0.6) is 0 Å². The monoisotopic (exact) mass is 549 g/mol. The maximum atomic E-state index is 13.4. The van der Waals surface area contributed by atoms with Gasteiger partial charge in [-0.25, -0.2) is 9.48 Å². The van der Waals surface area contributed by atoms with Gasteiger partial charge in [0, 0.05) is 79.3 Å². The van der Waals surface area contributed by atoms with Crippen LogP contribution in [0.3, 0.4) is 0 Å². The third kappa shape index (κ3) is 5.60. The molecule has 0 aliphatic carbocycles. The van der Waals surface area contributed by atoms with Crippen molar-refractivity contribution >= 4 is 45.2 Å². The normalized spacial score (nSPS) is 18.6. The molecule has 1 unspecified atom stereocenters. The first-order valence-corrected chi connectivity index (χ1v) is 15.1. The number of hydrogen-bond acceptors (Lipinski definition) is 7. The molecule has 39 heavy (non-hydrogen) atoms. The Morgan fingerprint density at radius 2 is 1.72 bits per heavy atom. The number of hydrogen-bond donors (Lipinski definition) is 1. The van der Waals surface area contributed by atoms with Gasteiger partial charge in [0.25, 0.3) is 11.8 Å². The quantitative estimate of drug-likeness (QED) is 0.238. The minimum absolute atomic E-state index is 0.169. The molecule has 2 aromatic carbocycles. The number of amides is 2. The molecule has 3 aliphatic rings. The van der Waals surface area contributed by atoms with E-state index in [1.165, 1.54) is 10.1 Å².